The third kappa shape index (κ3) is 4.85. The Labute approximate surface area is 135 Å². The summed E-state index contributed by atoms with van der Waals surface area (Å²) in [5.41, 5.74) is 5.42. The summed E-state index contributed by atoms with van der Waals surface area (Å²) in [7, 11) is 1.60. The number of benzene rings is 2. The van der Waals surface area contributed by atoms with Crippen LogP contribution in [0.5, 0.6) is 11.5 Å². The van der Waals surface area contributed by atoms with Crippen LogP contribution in [0.1, 0.15) is 16.7 Å². The molecule has 120 valence electrons. The quantitative estimate of drug-likeness (QED) is 0.659. The molecular formula is C18H20N2O3. The Bertz CT molecular complexity index is 711. The summed E-state index contributed by atoms with van der Waals surface area (Å²) in [4.78, 5) is 11.8. The van der Waals surface area contributed by atoms with Gasteiger partial charge in [-0.2, -0.15) is 5.10 Å². The maximum Gasteiger partial charge on any atom is 0.277 e. The zero-order valence-corrected chi connectivity index (χ0v) is 13.5. The number of methoxy groups -OCH3 is 1. The molecule has 1 amide bonds. The molecule has 0 fully saturated rings. The first-order valence-corrected chi connectivity index (χ1v) is 7.25. The summed E-state index contributed by atoms with van der Waals surface area (Å²) in [6.07, 6.45) is 1.55. The summed E-state index contributed by atoms with van der Waals surface area (Å²) in [5.74, 6) is 1.13. The van der Waals surface area contributed by atoms with E-state index in [0.717, 1.165) is 22.4 Å². The minimum atomic E-state index is -0.315. The highest BCUT2D eigenvalue weighted by Gasteiger charge is 2.05. The van der Waals surface area contributed by atoms with Crippen molar-refractivity contribution >= 4 is 12.1 Å². The molecule has 2 aromatic rings. The summed E-state index contributed by atoms with van der Waals surface area (Å²) in [5, 5.41) is 3.91. The van der Waals surface area contributed by atoms with Crippen LogP contribution in [0.3, 0.4) is 0 Å². The average molecular weight is 312 g/mol. The van der Waals surface area contributed by atoms with E-state index in [9.17, 15) is 4.79 Å². The van der Waals surface area contributed by atoms with Crippen molar-refractivity contribution in [3.63, 3.8) is 0 Å². The predicted molar refractivity (Wildman–Crippen MR) is 90.1 cm³/mol. The lowest BCUT2D eigenvalue weighted by Gasteiger charge is -2.09. The highest BCUT2D eigenvalue weighted by Crippen LogP contribution is 2.20. The number of hydrazone groups is 1. The Hall–Kier alpha value is -2.82. The van der Waals surface area contributed by atoms with Crippen molar-refractivity contribution in [2.45, 2.75) is 13.8 Å². The number of ether oxygens (including phenoxy) is 2. The maximum atomic E-state index is 11.8. The molecule has 0 saturated heterocycles. The zero-order valence-electron chi connectivity index (χ0n) is 13.5. The standard InChI is InChI=1S/C18H20N2O3/c1-13-6-4-9-17(14(13)2)23-12-18(21)20-19-11-15-7-5-8-16(10-15)22-3/h4-11H,12H2,1-3H3,(H,20,21)/b19-11-. The maximum absolute atomic E-state index is 11.8. The molecule has 23 heavy (non-hydrogen) atoms. The fourth-order valence-corrected chi connectivity index (χ4v) is 1.96. The van der Waals surface area contributed by atoms with E-state index in [1.165, 1.54) is 0 Å². The number of hydrogen-bond acceptors (Lipinski definition) is 4. The molecule has 2 rings (SSSR count). The number of carbonyl (C=O) groups is 1. The average Bonchev–Trinajstić information content (AvgIpc) is 2.56. The summed E-state index contributed by atoms with van der Waals surface area (Å²) in [6.45, 7) is 3.88. The lowest BCUT2D eigenvalue weighted by Crippen LogP contribution is -2.24. The number of nitrogens with one attached hydrogen (secondary N) is 1. The monoisotopic (exact) mass is 312 g/mol. The second-order valence-electron chi connectivity index (χ2n) is 5.06. The Morgan fingerprint density at radius 1 is 1.22 bits per heavy atom. The zero-order chi connectivity index (χ0) is 16.7. The van der Waals surface area contributed by atoms with Crippen LogP contribution in [0.15, 0.2) is 47.6 Å². The van der Waals surface area contributed by atoms with Crippen LogP contribution in [0.25, 0.3) is 0 Å². The third-order valence-corrected chi connectivity index (χ3v) is 3.41. The van der Waals surface area contributed by atoms with Crippen LogP contribution in [0.2, 0.25) is 0 Å². The van der Waals surface area contributed by atoms with Crippen molar-refractivity contribution in [2.24, 2.45) is 5.10 Å². The molecule has 2 aromatic carbocycles. The lowest BCUT2D eigenvalue weighted by atomic mass is 10.1. The fourth-order valence-electron chi connectivity index (χ4n) is 1.96. The van der Waals surface area contributed by atoms with E-state index in [4.69, 9.17) is 9.47 Å². The largest absolute Gasteiger partial charge is 0.497 e. The van der Waals surface area contributed by atoms with Gasteiger partial charge in [0.15, 0.2) is 6.61 Å². The first-order valence-electron chi connectivity index (χ1n) is 7.25. The number of hydrogen-bond donors (Lipinski definition) is 1. The topological polar surface area (TPSA) is 59.9 Å². The molecular weight excluding hydrogens is 292 g/mol. The highest BCUT2D eigenvalue weighted by molar-refractivity contribution is 5.83. The SMILES string of the molecule is COc1cccc(/C=N\NC(=O)COc2cccc(C)c2C)c1. The van der Waals surface area contributed by atoms with Gasteiger partial charge in [0.2, 0.25) is 0 Å². The van der Waals surface area contributed by atoms with Gasteiger partial charge in [0.1, 0.15) is 11.5 Å². The number of carbonyl (C=O) groups excluding carboxylic acids is 1. The van der Waals surface area contributed by atoms with Crippen molar-refractivity contribution in [1.29, 1.82) is 0 Å². The van der Waals surface area contributed by atoms with E-state index in [1.807, 2.05) is 56.3 Å². The van der Waals surface area contributed by atoms with E-state index < -0.39 is 0 Å². The first kappa shape index (κ1) is 16.5. The third-order valence-electron chi connectivity index (χ3n) is 3.41. The van der Waals surface area contributed by atoms with Crippen molar-refractivity contribution in [2.75, 3.05) is 13.7 Å². The second-order valence-corrected chi connectivity index (χ2v) is 5.06. The second kappa shape index (κ2) is 7.98. The van der Waals surface area contributed by atoms with Crippen LogP contribution in [-0.4, -0.2) is 25.8 Å². The van der Waals surface area contributed by atoms with E-state index in [2.05, 4.69) is 10.5 Å². The van der Waals surface area contributed by atoms with Crippen molar-refractivity contribution in [1.82, 2.24) is 5.43 Å². The van der Waals surface area contributed by atoms with Gasteiger partial charge in [-0.15, -0.1) is 0 Å². The number of rotatable bonds is 6. The molecule has 0 aliphatic rings. The van der Waals surface area contributed by atoms with Crippen LogP contribution >= 0.6 is 0 Å². The Morgan fingerprint density at radius 2 is 2.00 bits per heavy atom. The van der Waals surface area contributed by atoms with Crippen molar-refractivity contribution in [3.8, 4) is 11.5 Å². The van der Waals surface area contributed by atoms with Gasteiger partial charge in [-0.05, 0) is 48.7 Å². The van der Waals surface area contributed by atoms with Gasteiger partial charge >= 0.3 is 0 Å². The molecule has 0 radical (unpaired) electrons. The van der Waals surface area contributed by atoms with E-state index >= 15 is 0 Å². The van der Waals surface area contributed by atoms with Crippen molar-refractivity contribution < 1.29 is 14.3 Å². The minimum Gasteiger partial charge on any atom is -0.497 e. The molecule has 0 unspecified atom stereocenters. The molecule has 0 saturated carbocycles. The molecule has 0 aliphatic carbocycles. The van der Waals surface area contributed by atoms with E-state index in [1.54, 1.807) is 13.3 Å². The number of nitrogens with zero attached hydrogens (tertiary/aromatic N) is 1. The summed E-state index contributed by atoms with van der Waals surface area (Å²) >= 11 is 0. The van der Waals surface area contributed by atoms with Crippen LogP contribution < -0.4 is 14.9 Å². The molecule has 0 aliphatic heterocycles. The van der Waals surface area contributed by atoms with Gasteiger partial charge in [0.05, 0.1) is 13.3 Å². The molecule has 0 aromatic heterocycles. The van der Waals surface area contributed by atoms with Crippen LogP contribution in [0, 0.1) is 13.8 Å². The lowest BCUT2D eigenvalue weighted by molar-refractivity contribution is -0.123. The van der Waals surface area contributed by atoms with Gasteiger partial charge in [-0.3, -0.25) is 4.79 Å². The summed E-state index contributed by atoms with van der Waals surface area (Å²) in [6, 6.07) is 13.1. The normalized spacial score (nSPS) is 10.6. The smallest absolute Gasteiger partial charge is 0.277 e. The van der Waals surface area contributed by atoms with Gasteiger partial charge in [-0.25, -0.2) is 5.43 Å². The molecule has 5 heteroatoms. The fraction of sp³-hybridized carbons (Fsp3) is 0.222. The Kier molecular flexibility index (Phi) is 5.74. The summed E-state index contributed by atoms with van der Waals surface area (Å²) < 4.78 is 10.6. The Balaban J connectivity index is 1.85. The van der Waals surface area contributed by atoms with E-state index in [0.29, 0.717) is 5.75 Å². The van der Waals surface area contributed by atoms with Gasteiger partial charge in [0, 0.05) is 0 Å². The van der Waals surface area contributed by atoms with Gasteiger partial charge in [0.25, 0.3) is 5.91 Å². The molecule has 0 heterocycles. The number of amides is 1. The molecule has 5 nitrogen and oxygen atoms in total. The van der Waals surface area contributed by atoms with Gasteiger partial charge in [-0.1, -0.05) is 24.3 Å². The first-order chi connectivity index (χ1) is 11.1. The molecule has 0 atom stereocenters. The van der Waals surface area contributed by atoms with Crippen molar-refractivity contribution in [3.05, 3.63) is 59.2 Å². The Morgan fingerprint density at radius 3 is 2.78 bits per heavy atom. The van der Waals surface area contributed by atoms with Crippen LogP contribution in [0.4, 0.5) is 0 Å². The van der Waals surface area contributed by atoms with Gasteiger partial charge < -0.3 is 9.47 Å². The number of aryl methyl sites for hydroxylation is 1. The molecule has 0 bridgehead atoms. The highest BCUT2D eigenvalue weighted by atomic mass is 16.5. The minimum absolute atomic E-state index is 0.0836. The van der Waals surface area contributed by atoms with Crippen LogP contribution in [-0.2, 0) is 4.79 Å². The molecule has 0 spiro atoms. The predicted octanol–water partition coefficient (Wildman–Crippen LogP) is 2.84. The molecule has 1 N–H and O–H groups in total. The van der Waals surface area contributed by atoms with E-state index in [-0.39, 0.29) is 12.5 Å².